The normalized spacial score (nSPS) is 14.4. The molecule has 0 aliphatic rings. The maximum Gasteiger partial charge on any atom is 0.237 e. The molecule has 0 aromatic heterocycles. The van der Waals surface area contributed by atoms with Crippen LogP contribution in [0.25, 0.3) is 0 Å². The molecule has 0 radical (unpaired) electrons. The molecule has 3 heteroatoms. The molecule has 3 N–H and O–H groups in total. The minimum atomic E-state index is -0.450. The summed E-state index contributed by atoms with van der Waals surface area (Å²) >= 11 is 0. The number of nitrogens with one attached hydrogen (secondary N) is 1. The third-order valence-corrected chi connectivity index (χ3v) is 3.61. The molecule has 0 aliphatic carbocycles. The summed E-state index contributed by atoms with van der Waals surface area (Å²) < 4.78 is 0. The molecule has 1 unspecified atom stereocenters. The van der Waals surface area contributed by atoms with Gasteiger partial charge in [0.15, 0.2) is 0 Å². The van der Waals surface area contributed by atoms with Crippen molar-refractivity contribution in [3.05, 3.63) is 35.4 Å². The van der Waals surface area contributed by atoms with Crippen molar-refractivity contribution in [1.82, 2.24) is 5.32 Å². The van der Waals surface area contributed by atoms with Gasteiger partial charge < -0.3 is 11.1 Å². The Morgan fingerprint density at radius 3 is 2.30 bits per heavy atom. The maximum absolute atomic E-state index is 12.2. The van der Waals surface area contributed by atoms with Crippen LogP contribution in [0.3, 0.4) is 0 Å². The molecule has 1 aromatic rings. The van der Waals surface area contributed by atoms with E-state index < -0.39 is 6.04 Å². The van der Waals surface area contributed by atoms with Gasteiger partial charge in [0.05, 0.1) is 12.1 Å². The van der Waals surface area contributed by atoms with Crippen molar-refractivity contribution in [2.75, 3.05) is 0 Å². The van der Waals surface area contributed by atoms with E-state index in [9.17, 15) is 4.79 Å². The number of carbonyl (C=O) groups is 1. The Morgan fingerprint density at radius 2 is 1.80 bits per heavy atom. The molecular weight excluding hydrogens is 248 g/mol. The number of hydrogen-bond acceptors (Lipinski definition) is 2. The quantitative estimate of drug-likeness (QED) is 0.838. The predicted octanol–water partition coefficient (Wildman–Crippen LogP) is 3.18. The van der Waals surface area contributed by atoms with Crippen LogP contribution in [0.15, 0.2) is 24.3 Å². The van der Waals surface area contributed by atoms with Crippen LogP contribution in [0.2, 0.25) is 0 Å². The zero-order valence-electron chi connectivity index (χ0n) is 13.3. The van der Waals surface area contributed by atoms with Crippen molar-refractivity contribution >= 4 is 5.91 Å². The van der Waals surface area contributed by atoms with E-state index in [1.54, 1.807) is 0 Å². The van der Waals surface area contributed by atoms with Crippen molar-refractivity contribution in [3.8, 4) is 0 Å². The van der Waals surface area contributed by atoms with Gasteiger partial charge in [-0.15, -0.1) is 0 Å². The van der Waals surface area contributed by atoms with E-state index in [0.717, 1.165) is 6.42 Å². The van der Waals surface area contributed by atoms with Gasteiger partial charge in [0.25, 0.3) is 0 Å². The Morgan fingerprint density at radius 1 is 1.20 bits per heavy atom. The number of hydrogen-bond donors (Lipinski definition) is 2. The fraction of sp³-hybridized carbons (Fsp3) is 0.588. The second kappa shape index (κ2) is 7.44. The number of benzene rings is 1. The van der Waals surface area contributed by atoms with Gasteiger partial charge in [-0.1, -0.05) is 52.0 Å². The molecule has 20 heavy (non-hydrogen) atoms. The molecule has 0 spiro atoms. The van der Waals surface area contributed by atoms with E-state index in [1.165, 1.54) is 11.1 Å². The third-order valence-electron chi connectivity index (χ3n) is 3.61. The number of nitrogens with two attached hydrogens (primary N) is 1. The Labute approximate surface area is 122 Å². The molecule has 1 rings (SSSR count). The van der Waals surface area contributed by atoms with Crippen LogP contribution in [-0.2, 0) is 4.79 Å². The van der Waals surface area contributed by atoms with Crippen molar-refractivity contribution in [2.24, 2.45) is 17.6 Å². The topological polar surface area (TPSA) is 55.1 Å². The Kier molecular flexibility index (Phi) is 6.21. The zero-order valence-corrected chi connectivity index (χ0v) is 13.3. The third kappa shape index (κ3) is 4.64. The summed E-state index contributed by atoms with van der Waals surface area (Å²) in [5.74, 6) is 0.593. The van der Waals surface area contributed by atoms with Gasteiger partial charge >= 0.3 is 0 Å². The van der Waals surface area contributed by atoms with Gasteiger partial charge in [-0.2, -0.15) is 0 Å². The second-order valence-corrected chi connectivity index (χ2v) is 6.32. The van der Waals surface area contributed by atoms with Crippen LogP contribution in [-0.4, -0.2) is 11.9 Å². The fourth-order valence-corrected chi connectivity index (χ4v) is 2.28. The minimum absolute atomic E-state index is 0.0356. The first-order chi connectivity index (χ1) is 9.32. The Hall–Kier alpha value is -1.35. The number of aryl methyl sites for hydroxylation is 1. The highest BCUT2D eigenvalue weighted by atomic mass is 16.2. The lowest BCUT2D eigenvalue weighted by Gasteiger charge is -2.25. The van der Waals surface area contributed by atoms with Gasteiger partial charge in [-0.25, -0.2) is 0 Å². The van der Waals surface area contributed by atoms with E-state index in [1.807, 2.05) is 26.0 Å². The van der Waals surface area contributed by atoms with Crippen LogP contribution >= 0.6 is 0 Å². The summed E-state index contributed by atoms with van der Waals surface area (Å²) in [5.41, 5.74) is 8.33. The summed E-state index contributed by atoms with van der Waals surface area (Å²) in [4.78, 5) is 12.2. The highest BCUT2D eigenvalue weighted by Crippen LogP contribution is 2.24. The lowest BCUT2D eigenvalue weighted by atomic mass is 9.93. The molecule has 0 aliphatic heterocycles. The van der Waals surface area contributed by atoms with Gasteiger partial charge in [0, 0.05) is 0 Å². The van der Waals surface area contributed by atoms with Gasteiger partial charge in [-0.05, 0) is 36.3 Å². The predicted molar refractivity (Wildman–Crippen MR) is 84.3 cm³/mol. The summed E-state index contributed by atoms with van der Waals surface area (Å²) in [7, 11) is 0. The molecule has 112 valence electrons. The highest BCUT2D eigenvalue weighted by Gasteiger charge is 2.22. The summed E-state index contributed by atoms with van der Waals surface area (Å²) in [6.45, 7) is 10.3. The van der Waals surface area contributed by atoms with Crippen molar-refractivity contribution in [3.63, 3.8) is 0 Å². The highest BCUT2D eigenvalue weighted by molar-refractivity contribution is 5.82. The summed E-state index contributed by atoms with van der Waals surface area (Å²) in [5, 5.41) is 3.12. The number of rotatable bonds is 6. The monoisotopic (exact) mass is 276 g/mol. The van der Waals surface area contributed by atoms with E-state index in [-0.39, 0.29) is 17.9 Å². The van der Waals surface area contributed by atoms with E-state index in [0.29, 0.717) is 5.92 Å². The van der Waals surface area contributed by atoms with Gasteiger partial charge in [0.2, 0.25) is 5.91 Å². The molecule has 0 saturated heterocycles. The van der Waals surface area contributed by atoms with Crippen LogP contribution in [0, 0.1) is 18.8 Å². The molecule has 0 saturated carbocycles. The molecule has 0 fully saturated rings. The van der Waals surface area contributed by atoms with Crippen molar-refractivity contribution < 1.29 is 4.79 Å². The summed E-state index contributed by atoms with van der Waals surface area (Å²) in [6, 6.07) is 7.79. The first kappa shape index (κ1) is 16.7. The molecule has 1 amide bonds. The van der Waals surface area contributed by atoms with Crippen LogP contribution in [0.4, 0.5) is 0 Å². The average Bonchev–Trinajstić information content (AvgIpc) is 2.36. The minimum Gasteiger partial charge on any atom is -0.348 e. The van der Waals surface area contributed by atoms with E-state index in [4.69, 9.17) is 5.73 Å². The van der Waals surface area contributed by atoms with Gasteiger partial charge in [-0.3, -0.25) is 4.79 Å². The molecular formula is C17H28N2O. The van der Waals surface area contributed by atoms with Crippen LogP contribution in [0.5, 0.6) is 0 Å². The van der Waals surface area contributed by atoms with Crippen molar-refractivity contribution in [2.45, 2.75) is 53.1 Å². The first-order valence-corrected chi connectivity index (χ1v) is 7.44. The SMILES string of the molecule is Cc1ccccc1C(CC(C)C)NC(=O)[C@@H](N)C(C)C. The maximum atomic E-state index is 12.2. The molecule has 0 heterocycles. The Bertz CT molecular complexity index is 440. The smallest absolute Gasteiger partial charge is 0.237 e. The van der Waals surface area contributed by atoms with E-state index >= 15 is 0 Å². The lowest BCUT2D eigenvalue weighted by molar-refractivity contribution is -0.124. The number of amides is 1. The number of carbonyl (C=O) groups excluding carboxylic acids is 1. The zero-order chi connectivity index (χ0) is 15.3. The molecule has 2 atom stereocenters. The van der Waals surface area contributed by atoms with Crippen LogP contribution in [0.1, 0.15) is 51.3 Å². The van der Waals surface area contributed by atoms with Gasteiger partial charge in [0.1, 0.15) is 0 Å². The molecule has 3 nitrogen and oxygen atoms in total. The lowest BCUT2D eigenvalue weighted by Crippen LogP contribution is -2.45. The Balaban J connectivity index is 2.91. The fourth-order valence-electron chi connectivity index (χ4n) is 2.28. The van der Waals surface area contributed by atoms with Crippen LogP contribution < -0.4 is 11.1 Å². The first-order valence-electron chi connectivity index (χ1n) is 7.44. The summed E-state index contributed by atoms with van der Waals surface area (Å²) in [6.07, 6.45) is 0.918. The average molecular weight is 276 g/mol. The second-order valence-electron chi connectivity index (χ2n) is 6.32. The largest absolute Gasteiger partial charge is 0.348 e. The van der Waals surface area contributed by atoms with E-state index in [2.05, 4.69) is 38.2 Å². The standard InChI is InChI=1S/C17H28N2O/c1-11(2)10-15(14-9-7-6-8-13(14)5)19-17(20)16(18)12(3)4/h6-9,11-12,15-16H,10,18H2,1-5H3,(H,19,20)/t15?,16-/m0/s1. The molecule has 0 bridgehead atoms. The molecule has 1 aromatic carbocycles. The van der Waals surface area contributed by atoms with Crippen molar-refractivity contribution in [1.29, 1.82) is 0 Å².